The Morgan fingerprint density at radius 2 is 1.87 bits per heavy atom. The summed E-state index contributed by atoms with van der Waals surface area (Å²) in [6.45, 7) is 0. The molecular formula is C12H10Br2O. The smallest absolute Gasteiger partial charge is 0.133 e. The summed E-state index contributed by atoms with van der Waals surface area (Å²) < 4.78 is 6.35. The number of alkyl halides is 1. The molecule has 0 aromatic heterocycles. The fraction of sp³-hybridized carbons (Fsp3) is 0.167. The molecule has 0 heterocycles. The summed E-state index contributed by atoms with van der Waals surface area (Å²) in [7, 11) is 1.69. The highest BCUT2D eigenvalue weighted by Gasteiger charge is 2.09. The van der Waals surface area contributed by atoms with Crippen molar-refractivity contribution in [3.8, 4) is 5.75 Å². The van der Waals surface area contributed by atoms with Crippen LogP contribution in [0.1, 0.15) is 5.56 Å². The lowest BCUT2D eigenvalue weighted by Gasteiger charge is -2.10. The molecule has 1 nitrogen and oxygen atoms in total. The molecule has 0 aliphatic heterocycles. The molecule has 2 aromatic rings. The summed E-state index contributed by atoms with van der Waals surface area (Å²) in [6, 6.07) is 10.4. The van der Waals surface area contributed by atoms with Crippen LogP contribution in [-0.2, 0) is 5.33 Å². The van der Waals surface area contributed by atoms with Gasteiger partial charge in [0.15, 0.2) is 0 Å². The maximum absolute atomic E-state index is 5.33. The van der Waals surface area contributed by atoms with E-state index in [9.17, 15) is 0 Å². The van der Waals surface area contributed by atoms with Gasteiger partial charge in [-0.25, -0.2) is 0 Å². The van der Waals surface area contributed by atoms with Gasteiger partial charge in [-0.1, -0.05) is 40.2 Å². The lowest BCUT2D eigenvalue weighted by molar-refractivity contribution is 0.412. The van der Waals surface area contributed by atoms with E-state index >= 15 is 0 Å². The molecule has 2 rings (SSSR count). The van der Waals surface area contributed by atoms with E-state index in [-0.39, 0.29) is 0 Å². The van der Waals surface area contributed by atoms with Crippen molar-refractivity contribution in [1.82, 2.24) is 0 Å². The zero-order valence-corrected chi connectivity index (χ0v) is 11.4. The Balaban J connectivity index is 2.84. The Morgan fingerprint density at radius 1 is 1.20 bits per heavy atom. The average molecular weight is 330 g/mol. The first-order chi connectivity index (χ1) is 7.27. The summed E-state index contributed by atoms with van der Waals surface area (Å²) in [5.74, 6) is 0.878. The van der Waals surface area contributed by atoms with Crippen LogP contribution in [0.3, 0.4) is 0 Å². The Hall–Kier alpha value is -0.540. The minimum Gasteiger partial charge on any atom is -0.496 e. The van der Waals surface area contributed by atoms with Crippen LogP contribution in [0.5, 0.6) is 5.75 Å². The highest BCUT2D eigenvalue weighted by Crippen LogP contribution is 2.36. The number of fused-ring (bicyclic) bond motifs is 1. The Kier molecular flexibility index (Phi) is 3.32. The van der Waals surface area contributed by atoms with Crippen LogP contribution in [0.4, 0.5) is 0 Å². The SMILES string of the molecule is COc1cc(CBr)c2ccccc2c1Br. The topological polar surface area (TPSA) is 9.23 Å². The molecule has 2 aromatic carbocycles. The first-order valence-electron chi connectivity index (χ1n) is 4.58. The molecule has 0 spiro atoms. The number of rotatable bonds is 2. The second-order valence-corrected chi connectivity index (χ2v) is 4.58. The first kappa shape index (κ1) is 11.0. The molecule has 0 radical (unpaired) electrons. The van der Waals surface area contributed by atoms with Crippen LogP contribution in [-0.4, -0.2) is 7.11 Å². The van der Waals surface area contributed by atoms with Crippen LogP contribution >= 0.6 is 31.9 Å². The molecule has 0 aliphatic rings. The minimum absolute atomic E-state index is 0.831. The third-order valence-electron chi connectivity index (χ3n) is 2.40. The normalized spacial score (nSPS) is 10.6. The van der Waals surface area contributed by atoms with Crippen LogP contribution in [0, 0.1) is 0 Å². The second kappa shape index (κ2) is 4.54. The molecule has 0 aliphatic carbocycles. The van der Waals surface area contributed by atoms with Gasteiger partial charge < -0.3 is 4.74 Å². The van der Waals surface area contributed by atoms with Gasteiger partial charge >= 0.3 is 0 Å². The molecule has 0 saturated carbocycles. The number of hydrogen-bond acceptors (Lipinski definition) is 1. The van der Waals surface area contributed by atoms with Gasteiger partial charge in [-0.3, -0.25) is 0 Å². The van der Waals surface area contributed by atoms with Gasteiger partial charge in [-0.15, -0.1) is 0 Å². The van der Waals surface area contributed by atoms with Crippen LogP contribution in [0.2, 0.25) is 0 Å². The number of ether oxygens (including phenoxy) is 1. The molecule has 0 N–H and O–H groups in total. The van der Waals surface area contributed by atoms with Gasteiger partial charge in [-0.05, 0) is 38.3 Å². The summed E-state index contributed by atoms with van der Waals surface area (Å²) in [5, 5.41) is 3.27. The van der Waals surface area contributed by atoms with Crippen molar-refractivity contribution in [2.24, 2.45) is 0 Å². The Bertz CT molecular complexity index is 494. The van der Waals surface area contributed by atoms with Gasteiger partial charge in [0.25, 0.3) is 0 Å². The summed E-state index contributed by atoms with van der Waals surface area (Å²) >= 11 is 7.06. The summed E-state index contributed by atoms with van der Waals surface area (Å²) in [6.07, 6.45) is 0. The second-order valence-electron chi connectivity index (χ2n) is 3.23. The van der Waals surface area contributed by atoms with E-state index < -0.39 is 0 Å². The lowest BCUT2D eigenvalue weighted by atomic mass is 10.1. The molecule has 0 amide bonds. The lowest BCUT2D eigenvalue weighted by Crippen LogP contribution is -1.89. The van der Waals surface area contributed by atoms with Crippen molar-refractivity contribution in [3.05, 3.63) is 40.4 Å². The summed E-state index contributed by atoms with van der Waals surface area (Å²) in [4.78, 5) is 0. The molecule has 0 fully saturated rings. The number of benzene rings is 2. The highest BCUT2D eigenvalue weighted by atomic mass is 79.9. The molecule has 3 heteroatoms. The average Bonchev–Trinajstić information content (AvgIpc) is 2.30. The quantitative estimate of drug-likeness (QED) is 0.737. The molecule has 78 valence electrons. The third-order valence-corrected chi connectivity index (χ3v) is 3.82. The number of halogens is 2. The highest BCUT2D eigenvalue weighted by molar-refractivity contribution is 9.10. The van der Waals surface area contributed by atoms with Crippen LogP contribution < -0.4 is 4.74 Å². The van der Waals surface area contributed by atoms with E-state index in [0.717, 1.165) is 15.6 Å². The maximum atomic E-state index is 5.33. The zero-order chi connectivity index (χ0) is 10.8. The largest absolute Gasteiger partial charge is 0.496 e. The van der Waals surface area contributed by atoms with Gasteiger partial charge in [0, 0.05) is 5.33 Å². The third kappa shape index (κ3) is 1.91. The van der Waals surface area contributed by atoms with Crippen LogP contribution in [0.15, 0.2) is 34.8 Å². The zero-order valence-electron chi connectivity index (χ0n) is 8.26. The fourth-order valence-electron chi connectivity index (χ4n) is 1.65. The predicted molar refractivity (Wildman–Crippen MR) is 70.8 cm³/mol. The van der Waals surface area contributed by atoms with E-state index in [1.165, 1.54) is 16.3 Å². The van der Waals surface area contributed by atoms with E-state index in [1.807, 2.05) is 12.1 Å². The Labute approximate surface area is 106 Å². The van der Waals surface area contributed by atoms with E-state index in [0.29, 0.717) is 0 Å². The molecule has 15 heavy (non-hydrogen) atoms. The first-order valence-corrected chi connectivity index (χ1v) is 6.49. The molecule has 0 atom stereocenters. The van der Waals surface area contributed by atoms with Crippen molar-refractivity contribution >= 4 is 42.6 Å². The van der Waals surface area contributed by atoms with Crippen molar-refractivity contribution < 1.29 is 4.74 Å². The molecule has 0 saturated heterocycles. The number of methoxy groups -OCH3 is 1. The minimum atomic E-state index is 0.831. The molecule has 0 unspecified atom stereocenters. The summed E-state index contributed by atoms with van der Waals surface area (Å²) in [5.41, 5.74) is 1.24. The van der Waals surface area contributed by atoms with Crippen molar-refractivity contribution in [3.63, 3.8) is 0 Å². The maximum Gasteiger partial charge on any atom is 0.133 e. The monoisotopic (exact) mass is 328 g/mol. The van der Waals surface area contributed by atoms with Gasteiger partial charge in [0.1, 0.15) is 5.75 Å². The van der Waals surface area contributed by atoms with E-state index in [1.54, 1.807) is 7.11 Å². The fourth-order valence-corrected chi connectivity index (χ4v) is 2.73. The van der Waals surface area contributed by atoms with Crippen molar-refractivity contribution in [2.75, 3.05) is 7.11 Å². The van der Waals surface area contributed by atoms with Gasteiger partial charge in [-0.2, -0.15) is 0 Å². The van der Waals surface area contributed by atoms with E-state index in [2.05, 4.69) is 50.1 Å². The van der Waals surface area contributed by atoms with Crippen molar-refractivity contribution in [2.45, 2.75) is 5.33 Å². The molecular weight excluding hydrogens is 320 g/mol. The van der Waals surface area contributed by atoms with Crippen LogP contribution in [0.25, 0.3) is 10.8 Å². The predicted octanol–water partition coefficient (Wildman–Crippen LogP) is 4.51. The Morgan fingerprint density at radius 3 is 2.47 bits per heavy atom. The van der Waals surface area contributed by atoms with E-state index in [4.69, 9.17) is 4.74 Å². The standard InChI is InChI=1S/C12H10Br2O/c1-15-11-6-8(7-13)9-4-2-3-5-10(9)12(11)14/h2-6H,7H2,1H3. The van der Waals surface area contributed by atoms with Gasteiger partial charge in [0.2, 0.25) is 0 Å². The molecule has 0 bridgehead atoms. The number of hydrogen-bond donors (Lipinski definition) is 0. The van der Waals surface area contributed by atoms with Gasteiger partial charge in [0.05, 0.1) is 11.6 Å². The van der Waals surface area contributed by atoms with Crippen molar-refractivity contribution in [1.29, 1.82) is 0 Å².